The molecule has 0 saturated carbocycles. The summed E-state index contributed by atoms with van der Waals surface area (Å²) in [6.45, 7) is 11.6. The summed E-state index contributed by atoms with van der Waals surface area (Å²) in [7, 11) is -2.31. The fourth-order valence-corrected chi connectivity index (χ4v) is 5.59. The molecule has 1 N–H and O–H groups in total. The van der Waals surface area contributed by atoms with Crippen LogP contribution < -0.4 is 14.4 Å². The van der Waals surface area contributed by atoms with E-state index >= 15 is 0 Å². The monoisotopic (exact) mass is 508 g/mol. The van der Waals surface area contributed by atoms with Gasteiger partial charge in [-0.2, -0.15) is 0 Å². The molecule has 1 amide bonds. The maximum Gasteiger partial charge on any atom is 0.264 e. The minimum atomic E-state index is -3.96. The number of nitrogens with one attached hydrogen (secondary N) is 1. The van der Waals surface area contributed by atoms with Crippen molar-refractivity contribution < 1.29 is 17.9 Å². The summed E-state index contributed by atoms with van der Waals surface area (Å²) in [6, 6.07) is 17.5. The Morgan fingerprint density at radius 3 is 1.97 bits per heavy atom. The van der Waals surface area contributed by atoms with E-state index in [1.165, 1.54) is 4.31 Å². The van der Waals surface area contributed by atoms with Crippen LogP contribution in [0.4, 0.5) is 5.69 Å². The number of nitrogens with zero attached hydrogens (tertiary/aromatic N) is 1. The van der Waals surface area contributed by atoms with Crippen LogP contribution in [0.3, 0.4) is 0 Å². The summed E-state index contributed by atoms with van der Waals surface area (Å²) in [5.41, 5.74) is 5.41. The second-order valence-electron chi connectivity index (χ2n) is 9.55. The average molecular weight is 509 g/mol. The van der Waals surface area contributed by atoms with E-state index in [0.717, 1.165) is 33.6 Å². The number of methoxy groups -OCH3 is 1. The highest BCUT2D eigenvalue weighted by molar-refractivity contribution is 7.92. The number of rotatable bonds is 9. The van der Waals surface area contributed by atoms with Gasteiger partial charge in [-0.15, -0.1) is 0 Å². The molecule has 3 rings (SSSR count). The molecule has 36 heavy (non-hydrogen) atoms. The molecule has 1 atom stereocenters. The highest BCUT2D eigenvalue weighted by Crippen LogP contribution is 2.32. The standard InChI is InChI=1S/C29H36N2O4S/c1-19(2)26-17-27(22(5)16-28(26)35-7)23(6)30-29(32)18-31(24-12-8-20(3)9-13-24)36(33,34)25-14-10-21(4)11-15-25/h8-17,19,23H,18H2,1-7H3,(H,30,32)/t23-/m0/s1. The van der Waals surface area contributed by atoms with Crippen LogP contribution in [0.25, 0.3) is 0 Å². The van der Waals surface area contributed by atoms with E-state index in [1.807, 2.05) is 45.9 Å². The van der Waals surface area contributed by atoms with E-state index in [9.17, 15) is 13.2 Å². The van der Waals surface area contributed by atoms with Gasteiger partial charge >= 0.3 is 0 Å². The van der Waals surface area contributed by atoms with Crippen LogP contribution in [0.2, 0.25) is 0 Å². The first-order valence-electron chi connectivity index (χ1n) is 12.1. The van der Waals surface area contributed by atoms with Crippen molar-refractivity contribution in [3.8, 4) is 5.75 Å². The number of carbonyl (C=O) groups is 1. The molecule has 0 radical (unpaired) electrons. The first kappa shape index (κ1) is 27.3. The summed E-state index contributed by atoms with van der Waals surface area (Å²) in [4.78, 5) is 13.4. The number of hydrogen-bond acceptors (Lipinski definition) is 4. The number of sulfonamides is 1. The summed E-state index contributed by atoms with van der Waals surface area (Å²) in [5.74, 6) is 0.679. The Balaban J connectivity index is 1.91. The number of benzene rings is 3. The lowest BCUT2D eigenvalue weighted by atomic mass is 9.93. The van der Waals surface area contributed by atoms with Crippen LogP contribution in [0, 0.1) is 20.8 Å². The number of amides is 1. The molecule has 0 aliphatic heterocycles. The van der Waals surface area contributed by atoms with E-state index in [1.54, 1.807) is 43.5 Å². The maximum absolute atomic E-state index is 13.6. The number of anilines is 1. The zero-order valence-electron chi connectivity index (χ0n) is 22.1. The first-order valence-corrected chi connectivity index (χ1v) is 13.5. The second kappa shape index (κ2) is 11.2. The van der Waals surface area contributed by atoms with Crippen molar-refractivity contribution in [1.82, 2.24) is 5.32 Å². The molecule has 3 aromatic rings. The van der Waals surface area contributed by atoms with Crippen LogP contribution in [-0.2, 0) is 14.8 Å². The lowest BCUT2D eigenvalue weighted by Gasteiger charge is -2.26. The minimum absolute atomic E-state index is 0.141. The fourth-order valence-electron chi connectivity index (χ4n) is 4.17. The molecular weight excluding hydrogens is 472 g/mol. The Labute approximate surface area is 215 Å². The van der Waals surface area contributed by atoms with Crippen LogP contribution in [0.15, 0.2) is 65.6 Å². The quantitative estimate of drug-likeness (QED) is 0.395. The molecule has 7 heteroatoms. The summed E-state index contributed by atoms with van der Waals surface area (Å²) in [5, 5.41) is 3.00. The van der Waals surface area contributed by atoms with Gasteiger partial charge in [0, 0.05) is 0 Å². The van der Waals surface area contributed by atoms with Crippen LogP contribution >= 0.6 is 0 Å². The highest BCUT2D eigenvalue weighted by Gasteiger charge is 2.28. The van der Waals surface area contributed by atoms with Gasteiger partial charge in [0.15, 0.2) is 0 Å². The Morgan fingerprint density at radius 1 is 0.889 bits per heavy atom. The van der Waals surface area contributed by atoms with E-state index in [4.69, 9.17) is 4.74 Å². The van der Waals surface area contributed by atoms with E-state index in [0.29, 0.717) is 5.69 Å². The third kappa shape index (κ3) is 6.08. The number of hydrogen-bond donors (Lipinski definition) is 1. The van der Waals surface area contributed by atoms with Crippen molar-refractivity contribution in [2.24, 2.45) is 0 Å². The average Bonchev–Trinajstić information content (AvgIpc) is 2.82. The normalized spacial score (nSPS) is 12.3. The smallest absolute Gasteiger partial charge is 0.264 e. The lowest BCUT2D eigenvalue weighted by molar-refractivity contribution is -0.120. The van der Waals surface area contributed by atoms with Crippen LogP contribution in [-0.4, -0.2) is 28.0 Å². The van der Waals surface area contributed by atoms with Crippen molar-refractivity contribution in [3.63, 3.8) is 0 Å². The SMILES string of the molecule is COc1cc(C)c([C@H](C)NC(=O)CN(c2ccc(C)cc2)S(=O)(=O)c2ccc(C)cc2)cc1C(C)C. The molecule has 0 aromatic heterocycles. The molecule has 0 heterocycles. The van der Waals surface area contributed by atoms with E-state index in [2.05, 4.69) is 25.2 Å². The largest absolute Gasteiger partial charge is 0.496 e. The van der Waals surface area contributed by atoms with Crippen molar-refractivity contribution in [1.29, 1.82) is 0 Å². The number of carbonyl (C=O) groups excluding carboxylic acids is 1. The third-order valence-electron chi connectivity index (χ3n) is 6.30. The summed E-state index contributed by atoms with van der Waals surface area (Å²) < 4.78 is 33.9. The first-order chi connectivity index (χ1) is 16.9. The molecular formula is C29H36N2O4S. The topological polar surface area (TPSA) is 75.7 Å². The second-order valence-corrected chi connectivity index (χ2v) is 11.4. The number of aryl methyl sites for hydroxylation is 3. The Hall–Kier alpha value is -3.32. The maximum atomic E-state index is 13.6. The molecule has 6 nitrogen and oxygen atoms in total. The van der Waals surface area contributed by atoms with Crippen molar-refractivity contribution in [2.75, 3.05) is 18.0 Å². The minimum Gasteiger partial charge on any atom is -0.496 e. The van der Waals surface area contributed by atoms with Gasteiger partial charge in [-0.05, 0) is 86.7 Å². The van der Waals surface area contributed by atoms with Gasteiger partial charge in [-0.1, -0.05) is 49.2 Å². The van der Waals surface area contributed by atoms with Gasteiger partial charge < -0.3 is 10.1 Å². The third-order valence-corrected chi connectivity index (χ3v) is 8.09. The predicted octanol–water partition coefficient (Wildman–Crippen LogP) is 5.82. The Bertz CT molecular complexity index is 1310. The molecule has 0 spiro atoms. The van der Waals surface area contributed by atoms with Crippen molar-refractivity contribution >= 4 is 21.6 Å². The Morgan fingerprint density at radius 2 is 1.44 bits per heavy atom. The molecule has 0 fully saturated rings. The van der Waals surface area contributed by atoms with Crippen LogP contribution in [0.5, 0.6) is 5.75 Å². The van der Waals surface area contributed by atoms with E-state index < -0.39 is 10.0 Å². The van der Waals surface area contributed by atoms with Crippen LogP contribution in [0.1, 0.15) is 60.5 Å². The lowest BCUT2D eigenvalue weighted by Crippen LogP contribution is -2.41. The van der Waals surface area contributed by atoms with E-state index in [-0.39, 0.29) is 29.3 Å². The van der Waals surface area contributed by atoms with Gasteiger partial charge in [-0.3, -0.25) is 9.10 Å². The molecule has 0 unspecified atom stereocenters. The zero-order valence-corrected chi connectivity index (χ0v) is 22.9. The van der Waals surface area contributed by atoms with Gasteiger partial charge in [0.05, 0.1) is 23.7 Å². The van der Waals surface area contributed by atoms with Crippen molar-refractivity contribution in [3.05, 3.63) is 88.5 Å². The molecule has 3 aromatic carbocycles. The van der Waals surface area contributed by atoms with Gasteiger partial charge in [-0.25, -0.2) is 8.42 Å². The molecule has 192 valence electrons. The molecule has 0 aliphatic carbocycles. The summed E-state index contributed by atoms with van der Waals surface area (Å²) >= 11 is 0. The Kier molecular flexibility index (Phi) is 8.46. The van der Waals surface area contributed by atoms with Gasteiger partial charge in [0.2, 0.25) is 5.91 Å². The fraction of sp³-hybridized carbons (Fsp3) is 0.345. The van der Waals surface area contributed by atoms with Gasteiger partial charge in [0.25, 0.3) is 10.0 Å². The molecule has 0 aliphatic rings. The zero-order chi connectivity index (χ0) is 26.6. The number of ether oxygens (including phenoxy) is 1. The molecule has 0 saturated heterocycles. The highest BCUT2D eigenvalue weighted by atomic mass is 32.2. The summed E-state index contributed by atoms with van der Waals surface area (Å²) in [6.07, 6.45) is 0. The van der Waals surface area contributed by atoms with Crippen molar-refractivity contribution in [2.45, 2.75) is 58.4 Å². The molecule has 0 bridgehead atoms. The predicted molar refractivity (Wildman–Crippen MR) is 145 cm³/mol. The van der Waals surface area contributed by atoms with Gasteiger partial charge in [0.1, 0.15) is 12.3 Å².